The van der Waals surface area contributed by atoms with Gasteiger partial charge in [0.15, 0.2) is 0 Å². The Hall–Kier alpha value is -2.10. The van der Waals surface area contributed by atoms with Crippen LogP contribution in [-0.2, 0) is 6.42 Å². The molecule has 0 bridgehead atoms. The third kappa shape index (κ3) is 2.67. The molecular weight excluding hydrogens is 238 g/mol. The van der Waals surface area contributed by atoms with Crippen molar-refractivity contribution in [2.24, 2.45) is 0 Å². The average molecular weight is 257 g/mol. The van der Waals surface area contributed by atoms with E-state index in [0.717, 1.165) is 41.2 Å². The van der Waals surface area contributed by atoms with Crippen LogP contribution in [0.2, 0.25) is 0 Å². The number of nitrogen functional groups attached to an aromatic ring is 1. The number of rotatable bonds is 4. The number of nitrogens with zero attached hydrogens (tertiary/aromatic N) is 2. The van der Waals surface area contributed by atoms with E-state index < -0.39 is 0 Å². The minimum absolute atomic E-state index is 0.541. The van der Waals surface area contributed by atoms with E-state index in [0.29, 0.717) is 5.82 Å². The highest BCUT2D eigenvalue weighted by Gasteiger charge is 2.13. The Morgan fingerprint density at radius 2 is 1.95 bits per heavy atom. The Morgan fingerprint density at radius 3 is 2.63 bits per heavy atom. The third-order valence-corrected chi connectivity index (χ3v) is 3.07. The van der Waals surface area contributed by atoms with Crippen molar-refractivity contribution in [2.45, 2.75) is 26.7 Å². The van der Waals surface area contributed by atoms with Crippen molar-refractivity contribution in [1.29, 1.82) is 0 Å². The summed E-state index contributed by atoms with van der Waals surface area (Å²) in [7, 11) is 1.66. The number of para-hydroxylation sites is 1. The average Bonchev–Trinajstić information content (AvgIpc) is 2.43. The lowest BCUT2D eigenvalue weighted by Crippen LogP contribution is -2.05. The van der Waals surface area contributed by atoms with Gasteiger partial charge in [-0.2, -0.15) is 0 Å². The second kappa shape index (κ2) is 5.69. The van der Waals surface area contributed by atoms with Crippen molar-refractivity contribution in [3.63, 3.8) is 0 Å². The zero-order valence-electron chi connectivity index (χ0n) is 11.6. The molecule has 0 spiro atoms. The van der Waals surface area contributed by atoms with Crippen LogP contribution in [0.4, 0.5) is 5.82 Å². The predicted octanol–water partition coefficient (Wildman–Crippen LogP) is 3.00. The molecule has 0 fully saturated rings. The molecule has 1 aromatic heterocycles. The highest BCUT2D eigenvalue weighted by atomic mass is 16.5. The fraction of sp³-hybridized carbons (Fsp3) is 0.333. The predicted molar refractivity (Wildman–Crippen MR) is 77.2 cm³/mol. The van der Waals surface area contributed by atoms with Crippen LogP contribution in [0.5, 0.6) is 5.75 Å². The molecule has 0 amide bonds. The fourth-order valence-electron chi connectivity index (χ4n) is 2.02. The van der Waals surface area contributed by atoms with Gasteiger partial charge in [-0.05, 0) is 25.5 Å². The number of methoxy groups -OCH3 is 1. The molecule has 0 aliphatic heterocycles. The number of aromatic nitrogens is 2. The molecule has 0 aliphatic rings. The van der Waals surface area contributed by atoms with Crippen molar-refractivity contribution in [2.75, 3.05) is 12.8 Å². The van der Waals surface area contributed by atoms with Crippen molar-refractivity contribution in [3.05, 3.63) is 35.7 Å². The van der Waals surface area contributed by atoms with Gasteiger partial charge < -0.3 is 10.5 Å². The molecule has 2 aromatic rings. The summed E-state index contributed by atoms with van der Waals surface area (Å²) in [5, 5.41) is 0. The van der Waals surface area contributed by atoms with Crippen LogP contribution in [-0.4, -0.2) is 17.1 Å². The second-order valence-electron chi connectivity index (χ2n) is 4.45. The molecular formula is C15H19N3O. The molecule has 0 atom stereocenters. The lowest BCUT2D eigenvalue weighted by Gasteiger charge is -2.12. The van der Waals surface area contributed by atoms with Gasteiger partial charge in [-0.15, -0.1) is 0 Å². The first-order chi connectivity index (χ1) is 9.17. The lowest BCUT2D eigenvalue weighted by molar-refractivity contribution is 0.416. The summed E-state index contributed by atoms with van der Waals surface area (Å²) in [4.78, 5) is 8.96. The summed E-state index contributed by atoms with van der Waals surface area (Å²) < 4.78 is 5.39. The molecule has 0 radical (unpaired) electrons. The van der Waals surface area contributed by atoms with E-state index in [4.69, 9.17) is 10.5 Å². The number of hydrogen-bond donors (Lipinski definition) is 1. The fourth-order valence-corrected chi connectivity index (χ4v) is 2.02. The minimum atomic E-state index is 0.541. The Balaban J connectivity index is 2.60. The van der Waals surface area contributed by atoms with Gasteiger partial charge in [0, 0.05) is 17.5 Å². The quantitative estimate of drug-likeness (QED) is 0.914. The molecule has 100 valence electrons. The summed E-state index contributed by atoms with van der Waals surface area (Å²) in [5.74, 6) is 2.12. The van der Waals surface area contributed by atoms with Gasteiger partial charge >= 0.3 is 0 Å². The van der Waals surface area contributed by atoms with E-state index in [1.165, 1.54) is 0 Å². The van der Waals surface area contributed by atoms with Crippen molar-refractivity contribution < 1.29 is 4.74 Å². The van der Waals surface area contributed by atoms with Crippen LogP contribution in [0.1, 0.15) is 24.7 Å². The van der Waals surface area contributed by atoms with Crippen LogP contribution < -0.4 is 10.5 Å². The highest BCUT2D eigenvalue weighted by molar-refractivity contribution is 5.72. The van der Waals surface area contributed by atoms with E-state index in [1.54, 1.807) is 7.11 Å². The first kappa shape index (κ1) is 13.3. The summed E-state index contributed by atoms with van der Waals surface area (Å²) in [5.41, 5.74) is 8.69. The normalized spacial score (nSPS) is 10.5. The standard InChI is InChI=1S/C15H19N3O/c1-4-7-13-17-14(10(2)15(16)18-13)11-8-5-6-9-12(11)19-3/h5-6,8-9H,4,7H2,1-3H3,(H2,16,17,18). The third-order valence-electron chi connectivity index (χ3n) is 3.07. The summed E-state index contributed by atoms with van der Waals surface area (Å²) in [6.07, 6.45) is 1.82. The first-order valence-corrected chi connectivity index (χ1v) is 6.43. The highest BCUT2D eigenvalue weighted by Crippen LogP contribution is 2.32. The SMILES string of the molecule is CCCc1nc(N)c(C)c(-c2ccccc2OC)n1. The van der Waals surface area contributed by atoms with E-state index in [2.05, 4.69) is 16.9 Å². The van der Waals surface area contributed by atoms with Crippen molar-refractivity contribution in [1.82, 2.24) is 9.97 Å². The van der Waals surface area contributed by atoms with Crippen molar-refractivity contribution >= 4 is 5.82 Å². The first-order valence-electron chi connectivity index (χ1n) is 6.43. The zero-order chi connectivity index (χ0) is 13.8. The van der Waals surface area contributed by atoms with Gasteiger partial charge in [0.05, 0.1) is 12.8 Å². The lowest BCUT2D eigenvalue weighted by atomic mass is 10.1. The van der Waals surface area contributed by atoms with E-state index >= 15 is 0 Å². The molecule has 19 heavy (non-hydrogen) atoms. The molecule has 2 N–H and O–H groups in total. The van der Waals surface area contributed by atoms with Crippen LogP contribution >= 0.6 is 0 Å². The van der Waals surface area contributed by atoms with E-state index in [1.807, 2.05) is 31.2 Å². The number of anilines is 1. The number of hydrogen-bond acceptors (Lipinski definition) is 4. The molecule has 1 aromatic carbocycles. The van der Waals surface area contributed by atoms with E-state index in [-0.39, 0.29) is 0 Å². The van der Waals surface area contributed by atoms with Crippen molar-refractivity contribution in [3.8, 4) is 17.0 Å². The van der Waals surface area contributed by atoms with Gasteiger partial charge in [-0.3, -0.25) is 0 Å². The number of benzene rings is 1. The second-order valence-corrected chi connectivity index (χ2v) is 4.45. The van der Waals surface area contributed by atoms with Crippen LogP contribution in [0.15, 0.2) is 24.3 Å². The smallest absolute Gasteiger partial charge is 0.131 e. The molecule has 2 rings (SSSR count). The number of nitrogens with two attached hydrogens (primary N) is 1. The maximum atomic E-state index is 5.99. The summed E-state index contributed by atoms with van der Waals surface area (Å²) in [6, 6.07) is 7.82. The van der Waals surface area contributed by atoms with E-state index in [9.17, 15) is 0 Å². The zero-order valence-corrected chi connectivity index (χ0v) is 11.6. The van der Waals surface area contributed by atoms with Crippen LogP contribution in [0.3, 0.4) is 0 Å². The Morgan fingerprint density at radius 1 is 1.21 bits per heavy atom. The topological polar surface area (TPSA) is 61.0 Å². The van der Waals surface area contributed by atoms with Crippen LogP contribution in [0.25, 0.3) is 11.3 Å². The summed E-state index contributed by atoms with van der Waals surface area (Å²) in [6.45, 7) is 4.04. The number of ether oxygens (including phenoxy) is 1. The molecule has 0 unspecified atom stereocenters. The Bertz CT molecular complexity index is 582. The molecule has 1 heterocycles. The minimum Gasteiger partial charge on any atom is -0.496 e. The monoisotopic (exact) mass is 257 g/mol. The number of aryl methyl sites for hydroxylation is 1. The Labute approximate surface area is 113 Å². The molecule has 4 nitrogen and oxygen atoms in total. The van der Waals surface area contributed by atoms with Gasteiger partial charge in [0.1, 0.15) is 17.4 Å². The van der Waals surface area contributed by atoms with Gasteiger partial charge in [-0.25, -0.2) is 9.97 Å². The van der Waals surface area contributed by atoms with Crippen LogP contribution in [0, 0.1) is 6.92 Å². The molecule has 4 heteroatoms. The Kier molecular flexibility index (Phi) is 4.00. The molecule has 0 saturated carbocycles. The maximum absolute atomic E-state index is 5.99. The maximum Gasteiger partial charge on any atom is 0.131 e. The summed E-state index contributed by atoms with van der Waals surface area (Å²) >= 11 is 0. The van der Waals surface area contributed by atoms with Gasteiger partial charge in [0.2, 0.25) is 0 Å². The van der Waals surface area contributed by atoms with Gasteiger partial charge in [0.25, 0.3) is 0 Å². The molecule has 0 aliphatic carbocycles. The largest absolute Gasteiger partial charge is 0.496 e. The van der Waals surface area contributed by atoms with Gasteiger partial charge in [-0.1, -0.05) is 19.1 Å². The molecule has 0 saturated heterocycles.